The summed E-state index contributed by atoms with van der Waals surface area (Å²) in [4.78, 5) is 22.3. The summed E-state index contributed by atoms with van der Waals surface area (Å²) < 4.78 is 0. The first-order chi connectivity index (χ1) is 10.3. The van der Waals surface area contributed by atoms with E-state index in [-0.39, 0.29) is 5.92 Å². The summed E-state index contributed by atoms with van der Waals surface area (Å²) in [6, 6.07) is 8.46. The molecule has 1 N–H and O–H groups in total. The number of carbonyl (C=O) groups is 1. The predicted octanol–water partition coefficient (Wildman–Crippen LogP) is 2.10. The number of hydrogen-bond donors (Lipinski definition) is 1. The predicted molar refractivity (Wildman–Crippen MR) is 79.7 cm³/mol. The summed E-state index contributed by atoms with van der Waals surface area (Å²) in [5.41, 5.74) is 4.98. The summed E-state index contributed by atoms with van der Waals surface area (Å²) in [7, 11) is 0. The van der Waals surface area contributed by atoms with Crippen LogP contribution in [0.1, 0.15) is 28.9 Å². The van der Waals surface area contributed by atoms with Crippen molar-refractivity contribution in [2.24, 2.45) is 5.92 Å². The lowest BCUT2D eigenvalue weighted by molar-refractivity contribution is -0.136. The maximum Gasteiger partial charge on any atom is 0.226 e. The van der Waals surface area contributed by atoms with Gasteiger partial charge in [0, 0.05) is 31.1 Å². The van der Waals surface area contributed by atoms with Gasteiger partial charge in [0.1, 0.15) is 0 Å². The van der Waals surface area contributed by atoms with Gasteiger partial charge in [-0.3, -0.25) is 4.79 Å². The number of carbonyl (C=O) groups excluding carboxylic acids is 1. The van der Waals surface area contributed by atoms with Gasteiger partial charge in [-0.15, -0.1) is 0 Å². The number of imidazole rings is 1. The van der Waals surface area contributed by atoms with Crippen LogP contribution in [0.3, 0.4) is 0 Å². The molecule has 4 rings (SSSR count). The maximum absolute atomic E-state index is 12.8. The highest BCUT2D eigenvalue weighted by molar-refractivity contribution is 5.79. The van der Waals surface area contributed by atoms with Gasteiger partial charge < -0.3 is 9.88 Å². The van der Waals surface area contributed by atoms with E-state index in [2.05, 4.69) is 34.2 Å². The number of aromatic nitrogens is 2. The fourth-order valence-corrected chi connectivity index (χ4v) is 3.55. The van der Waals surface area contributed by atoms with Crippen LogP contribution in [0, 0.1) is 5.92 Å². The molecule has 0 fully saturated rings. The van der Waals surface area contributed by atoms with Crippen molar-refractivity contribution in [1.29, 1.82) is 0 Å². The Bertz CT molecular complexity index is 676. The lowest BCUT2D eigenvalue weighted by Gasteiger charge is -2.33. The zero-order chi connectivity index (χ0) is 14.2. The third-order valence-corrected chi connectivity index (χ3v) is 4.78. The van der Waals surface area contributed by atoms with Crippen LogP contribution in [0.25, 0.3) is 0 Å². The lowest BCUT2D eigenvalue weighted by atomic mass is 9.88. The van der Waals surface area contributed by atoms with Crippen molar-refractivity contribution < 1.29 is 4.79 Å². The molecule has 2 heterocycles. The van der Waals surface area contributed by atoms with Crippen LogP contribution in [-0.4, -0.2) is 27.3 Å². The number of nitrogens with one attached hydrogen (secondary N) is 1. The van der Waals surface area contributed by atoms with E-state index in [4.69, 9.17) is 0 Å². The van der Waals surface area contributed by atoms with Crippen molar-refractivity contribution in [1.82, 2.24) is 14.9 Å². The van der Waals surface area contributed by atoms with E-state index in [0.29, 0.717) is 5.91 Å². The van der Waals surface area contributed by atoms with Gasteiger partial charge in [0.2, 0.25) is 5.91 Å². The van der Waals surface area contributed by atoms with Crippen LogP contribution in [0.5, 0.6) is 0 Å². The van der Waals surface area contributed by atoms with E-state index in [1.54, 1.807) is 6.33 Å². The minimum Gasteiger partial charge on any atom is -0.348 e. The van der Waals surface area contributed by atoms with Crippen LogP contribution >= 0.6 is 0 Å². The zero-order valence-corrected chi connectivity index (χ0v) is 12.0. The Morgan fingerprint density at radius 3 is 3.00 bits per heavy atom. The van der Waals surface area contributed by atoms with Crippen LogP contribution < -0.4 is 0 Å². The Morgan fingerprint density at radius 2 is 2.10 bits per heavy atom. The number of benzene rings is 1. The topological polar surface area (TPSA) is 49.0 Å². The molecule has 4 nitrogen and oxygen atoms in total. The average Bonchev–Trinajstić information content (AvgIpc) is 3.01. The Hall–Kier alpha value is -2.10. The molecule has 0 radical (unpaired) electrons. The van der Waals surface area contributed by atoms with E-state index < -0.39 is 0 Å². The first kappa shape index (κ1) is 12.6. The number of aromatic amines is 1. The lowest BCUT2D eigenvalue weighted by Crippen LogP contribution is -2.41. The first-order valence-electron chi connectivity index (χ1n) is 7.68. The van der Waals surface area contributed by atoms with Crippen molar-refractivity contribution in [3.63, 3.8) is 0 Å². The molecule has 1 aliphatic carbocycles. The van der Waals surface area contributed by atoms with E-state index in [9.17, 15) is 4.79 Å². The Balaban J connectivity index is 1.49. The summed E-state index contributed by atoms with van der Waals surface area (Å²) in [5, 5.41) is 0. The molecule has 0 unspecified atom stereocenters. The van der Waals surface area contributed by atoms with Gasteiger partial charge in [-0.25, -0.2) is 4.98 Å². The SMILES string of the molecule is O=C([C@@H]1CCc2nc[nH]c2C1)N1CCc2ccccc2C1. The maximum atomic E-state index is 12.8. The van der Waals surface area contributed by atoms with E-state index in [1.165, 1.54) is 11.1 Å². The van der Waals surface area contributed by atoms with Crippen molar-refractivity contribution >= 4 is 5.91 Å². The molecule has 108 valence electrons. The quantitative estimate of drug-likeness (QED) is 0.870. The van der Waals surface area contributed by atoms with Crippen molar-refractivity contribution in [2.45, 2.75) is 32.2 Å². The molecule has 1 aliphatic heterocycles. The summed E-state index contributed by atoms with van der Waals surface area (Å²) >= 11 is 0. The fourth-order valence-electron chi connectivity index (χ4n) is 3.55. The highest BCUT2D eigenvalue weighted by atomic mass is 16.2. The number of fused-ring (bicyclic) bond motifs is 2. The Morgan fingerprint density at radius 1 is 1.24 bits per heavy atom. The van der Waals surface area contributed by atoms with Gasteiger partial charge in [-0.2, -0.15) is 0 Å². The van der Waals surface area contributed by atoms with E-state index in [1.807, 2.05) is 4.90 Å². The molecule has 4 heteroatoms. The molecule has 1 atom stereocenters. The number of rotatable bonds is 1. The molecular weight excluding hydrogens is 262 g/mol. The second-order valence-electron chi connectivity index (χ2n) is 6.05. The molecule has 0 saturated carbocycles. The summed E-state index contributed by atoms with van der Waals surface area (Å²) in [5.74, 6) is 0.424. The number of aryl methyl sites for hydroxylation is 1. The number of H-pyrrole nitrogens is 1. The second kappa shape index (κ2) is 5.02. The summed E-state index contributed by atoms with van der Waals surface area (Å²) in [6.45, 7) is 1.61. The third-order valence-electron chi connectivity index (χ3n) is 4.78. The molecule has 1 aromatic carbocycles. The molecule has 0 saturated heterocycles. The highest BCUT2D eigenvalue weighted by Crippen LogP contribution is 2.27. The molecule has 2 aliphatic rings. The summed E-state index contributed by atoms with van der Waals surface area (Å²) in [6.07, 6.45) is 5.37. The van der Waals surface area contributed by atoms with Gasteiger partial charge in [0.25, 0.3) is 0 Å². The smallest absolute Gasteiger partial charge is 0.226 e. The molecular formula is C17H19N3O. The van der Waals surface area contributed by atoms with Gasteiger partial charge in [-0.1, -0.05) is 24.3 Å². The van der Waals surface area contributed by atoms with Gasteiger partial charge >= 0.3 is 0 Å². The largest absolute Gasteiger partial charge is 0.348 e. The van der Waals surface area contributed by atoms with Gasteiger partial charge in [0.05, 0.1) is 12.0 Å². The highest BCUT2D eigenvalue weighted by Gasteiger charge is 2.30. The van der Waals surface area contributed by atoms with E-state index in [0.717, 1.165) is 50.2 Å². The second-order valence-corrected chi connectivity index (χ2v) is 6.05. The number of amides is 1. The normalized spacial score (nSPS) is 20.8. The molecule has 0 bridgehead atoms. The van der Waals surface area contributed by atoms with Gasteiger partial charge in [-0.05, 0) is 30.4 Å². The number of hydrogen-bond acceptors (Lipinski definition) is 2. The molecule has 1 amide bonds. The van der Waals surface area contributed by atoms with Crippen LogP contribution in [0.2, 0.25) is 0 Å². The van der Waals surface area contributed by atoms with Crippen LogP contribution in [0.4, 0.5) is 0 Å². The standard InChI is InChI=1S/C17H19N3O/c21-17(13-5-6-15-16(9-13)19-11-18-15)20-8-7-12-3-1-2-4-14(12)10-20/h1-4,11,13H,5-10H2,(H,18,19)/t13-/m1/s1. The molecule has 2 aromatic rings. The van der Waals surface area contributed by atoms with Crippen molar-refractivity contribution in [3.05, 3.63) is 53.1 Å². The molecule has 21 heavy (non-hydrogen) atoms. The number of nitrogens with zero attached hydrogens (tertiary/aromatic N) is 2. The average molecular weight is 281 g/mol. The minimum atomic E-state index is 0.114. The van der Waals surface area contributed by atoms with Crippen LogP contribution in [-0.2, 0) is 30.6 Å². The van der Waals surface area contributed by atoms with Crippen LogP contribution in [0.15, 0.2) is 30.6 Å². The Labute approximate surface area is 124 Å². The first-order valence-corrected chi connectivity index (χ1v) is 7.68. The third kappa shape index (κ3) is 2.24. The van der Waals surface area contributed by atoms with Crippen molar-refractivity contribution in [3.8, 4) is 0 Å². The molecule has 0 spiro atoms. The molecule has 1 aromatic heterocycles. The van der Waals surface area contributed by atoms with Gasteiger partial charge in [0.15, 0.2) is 0 Å². The fraction of sp³-hybridized carbons (Fsp3) is 0.412. The zero-order valence-electron chi connectivity index (χ0n) is 12.0. The van der Waals surface area contributed by atoms with E-state index >= 15 is 0 Å². The monoisotopic (exact) mass is 281 g/mol. The Kier molecular flexibility index (Phi) is 3.02. The van der Waals surface area contributed by atoms with Crippen molar-refractivity contribution in [2.75, 3.05) is 6.54 Å². The minimum absolute atomic E-state index is 0.114.